The minimum absolute atomic E-state index is 0.0393. The molecule has 1 fully saturated rings. The van der Waals surface area contributed by atoms with Crippen molar-refractivity contribution in [3.05, 3.63) is 29.8 Å². The molecule has 1 unspecified atom stereocenters. The third-order valence-electron chi connectivity index (χ3n) is 3.54. The van der Waals surface area contributed by atoms with Crippen molar-refractivity contribution < 1.29 is 9.59 Å². The third kappa shape index (κ3) is 4.30. The number of anilines is 1. The Morgan fingerprint density at radius 1 is 1.36 bits per heavy atom. The van der Waals surface area contributed by atoms with Crippen LogP contribution in [0.5, 0.6) is 0 Å². The molecule has 0 saturated carbocycles. The number of aryl methyl sites for hydroxylation is 1. The summed E-state index contributed by atoms with van der Waals surface area (Å²) >= 11 is 6.58. The van der Waals surface area contributed by atoms with Gasteiger partial charge < -0.3 is 5.32 Å². The highest BCUT2D eigenvalue weighted by atomic mass is 32.2. The fraction of sp³-hybridized carbons (Fsp3) is 0.438. The largest absolute Gasteiger partial charge is 0.326 e. The minimum atomic E-state index is -0.0987. The molecule has 1 saturated heterocycles. The Bertz CT molecular complexity index is 572. The van der Waals surface area contributed by atoms with Gasteiger partial charge in [0.1, 0.15) is 4.32 Å². The number of hydrogen-bond donors (Lipinski definition) is 1. The Morgan fingerprint density at radius 3 is 2.59 bits per heavy atom. The maximum Gasteiger partial charge on any atom is 0.241 e. The molecule has 118 valence electrons. The van der Waals surface area contributed by atoms with Crippen LogP contribution in [0.2, 0.25) is 0 Å². The van der Waals surface area contributed by atoms with E-state index in [4.69, 9.17) is 12.2 Å². The van der Waals surface area contributed by atoms with Gasteiger partial charge in [-0.15, -0.1) is 0 Å². The van der Waals surface area contributed by atoms with Gasteiger partial charge in [0.05, 0.1) is 5.25 Å². The predicted octanol–water partition coefficient (Wildman–Crippen LogP) is 3.22. The van der Waals surface area contributed by atoms with Crippen LogP contribution in [0.15, 0.2) is 24.3 Å². The molecule has 0 bridgehead atoms. The average Bonchev–Trinajstić information content (AvgIpc) is 2.74. The first-order valence-corrected chi connectivity index (χ1v) is 8.71. The van der Waals surface area contributed by atoms with Crippen molar-refractivity contribution in [2.75, 3.05) is 11.9 Å². The maximum atomic E-state index is 11.9. The molecular weight excluding hydrogens is 316 g/mol. The summed E-state index contributed by atoms with van der Waals surface area (Å²) in [6.07, 6.45) is 1.97. The molecule has 1 N–H and O–H groups in total. The van der Waals surface area contributed by atoms with E-state index in [1.807, 2.05) is 31.2 Å². The van der Waals surface area contributed by atoms with E-state index in [-0.39, 0.29) is 17.1 Å². The number of hydrogen-bond acceptors (Lipinski definition) is 4. The van der Waals surface area contributed by atoms with Crippen molar-refractivity contribution in [1.82, 2.24) is 4.90 Å². The lowest BCUT2D eigenvalue weighted by atomic mass is 10.1. The van der Waals surface area contributed by atoms with E-state index in [2.05, 4.69) is 12.2 Å². The summed E-state index contributed by atoms with van der Waals surface area (Å²) in [7, 11) is 0. The van der Waals surface area contributed by atoms with Crippen molar-refractivity contribution in [3.63, 3.8) is 0 Å². The number of benzene rings is 1. The number of carbonyl (C=O) groups excluding carboxylic acids is 2. The van der Waals surface area contributed by atoms with Gasteiger partial charge in [0.25, 0.3) is 0 Å². The smallest absolute Gasteiger partial charge is 0.241 e. The van der Waals surface area contributed by atoms with Crippen LogP contribution >= 0.6 is 24.0 Å². The maximum absolute atomic E-state index is 11.9. The fourth-order valence-corrected chi connectivity index (χ4v) is 3.67. The summed E-state index contributed by atoms with van der Waals surface area (Å²) in [4.78, 5) is 25.4. The average molecular weight is 336 g/mol. The third-order valence-corrected chi connectivity index (χ3v) is 5.03. The van der Waals surface area contributed by atoms with Gasteiger partial charge in [-0.1, -0.05) is 43.0 Å². The van der Waals surface area contributed by atoms with E-state index in [0.29, 0.717) is 23.7 Å². The number of carbonyl (C=O) groups is 2. The Labute approximate surface area is 140 Å². The molecule has 1 heterocycles. The van der Waals surface area contributed by atoms with Crippen LogP contribution in [0.4, 0.5) is 5.69 Å². The lowest BCUT2D eigenvalue weighted by Crippen LogP contribution is -2.32. The Hall–Kier alpha value is -1.40. The normalized spacial score (nSPS) is 17.9. The van der Waals surface area contributed by atoms with Crippen LogP contribution in [-0.4, -0.2) is 32.8 Å². The second-order valence-corrected chi connectivity index (χ2v) is 7.19. The van der Waals surface area contributed by atoms with Gasteiger partial charge in [-0.25, -0.2) is 0 Å². The number of thioether (sulfide) groups is 1. The van der Waals surface area contributed by atoms with E-state index in [1.165, 1.54) is 17.3 Å². The second kappa shape index (κ2) is 7.74. The molecule has 1 aromatic carbocycles. The molecule has 1 atom stereocenters. The highest BCUT2D eigenvalue weighted by molar-refractivity contribution is 8.24. The zero-order valence-electron chi connectivity index (χ0n) is 12.8. The number of nitrogens with zero attached hydrogens (tertiary/aromatic N) is 1. The molecule has 2 amide bonds. The van der Waals surface area contributed by atoms with Gasteiger partial charge in [0.15, 0.2) is 0 Å². The van der Waals surface area contributed by atoms with Crippen molar-refractivity contribution in [2.24, 2.45) is 0 Å². The Morgan fingerprint density at radius 2 is 2.05 bits per heavy atom. The zero-order valence-corrected chi connectivity index (χ0v) is 14.4. The first-order chi connectivity index (χ1) is 10.5. The molecule has 0 radical (unpaired) electrons. The van der Waals surface area contributed by atoms with Crippen LogP contribution in [-0.2, 0) is 16.0 Å². The SMILES string of the molecule is CCc1ccc(NC(=O)CCCN2C(=O)C(C)SC2=S)cc1. The Balaban J connectivity index is 1.76. The molecule has 0 aromatic heterocycles. The van der Waals surface area contributed by atoms with Crippen LogP contribution < -0.4 is 5.32 Å². The minimum Gasteiger partial charge on any atom is -0.326 e. The molecule has 2 rings (SSSR count). The molecule has 0 aliphatic carbocycles. The van der Waals surface area contributed by atoms with Crippen LogP contribution in [0.1, 0.15) is 32.3 Å². The van der Waals surface area contributed by atoms with Crippen molar-refractivity contribution in [3.8, 4) is 0 Å². The monoisotopic (exact) mass is 336 g/mol. The quantitative estimate of drug-likeness (QED) is 0.811. The van der Waals surface area contributed by atoms with Crippen LogP contribution in [0.3, 0.4) is 0 Å². The van der Waals surface area contributed by atoms with Gasteiger partial charge in [0, 0.05) is 18.7 Å². The number of thiocarbonyl (C=S) groups is 1. The number of amides is 2. The van der Waals surface area contributed by atoms with E-state index < -0.39 is 0 Å². The van der Waals surface area contributed by atoms with Crippen LogP contribution in [0.25, 0.3) is 0 Å². The van der Waals surface area contributed by atoms with E-state index in [0.717, 1.165) is 12.1 Å². The zero-order chi connectivity index (χ0) is 16.1. The van der Waals surface area contributed by atoms with Crippen LogP contribution in [0, 0.1) is 0 Å². The van der Waals surface area contributed by atoms with E-state index in [1.54, 1.807) is 4.90 Å². The number of rotatable bonds is 6. The second-order valence-electron chi connectivity index (χ2n) is 5.22. The first-order valence-electron chi connectivity index (χ1n) is 7.42. The van der Waals surface area contributed by atoms with Gasteiger partial charge in [-0.05, 0) is 37.5 Å². The van der Waals surface area contributed by atoms with E-state index in [9.17, 15) is 9.59 Å². The summed E-state index contributed by atoms with van der Waals surface area (Å²) in [5, 5.41) is 2.77. The molecule has 1 aromatic rings. The molecule has 4 nitrogen and oxygen atoms in total. The molecule has 1 aliphatic heterocycles. The first kappa shape index (κ1) is 17.0. The lowest BCUT2D eigenvalue weighted by Gasteiger charge is -2.14. The molecule has 22 heavy (non-hydrogen) atoms. The molecule has 6 heteroatoms. The van der Waals surface area contributed by atoms with Gasteiger partial charge >= 0.3 is 0 Å². The van der Waals surface area contributed by atoms with Crippen molar-refractivity contribution >= 4 is 45.8 Å². The summed E-state index contributed by atoms with van der Waals surface area (Å²) in [6, 6.07) is 7.84. The summed E-state index contributed by atoms with van der Waals surface area (Å²) < 4.78 is 0.619. The Kier molecular flexibility index (Phi) is 5.97. The molecular formula is C16H20N2O2S2. The fourth-order valence-electron chi connectivity index (χ4n) is 2.22. The van der Waals surface area contributed by atoms with Gasteiger partial charge in [-0.3, -0.25) is 14.5 Å². The molecule has 0 spiro atoms. The standard InChI is InChI=1S/C16H20N2O2S2/c1-3-12-6-8-13(9-7-12)17-14(19)5-4-10-18-15(20)11(2)22-16(18)21/h6-9,11H,3-5,10H2,1-2H3,(H,17,19). The summed E-state index contributed by atoms with van der Waals surface area (Å²) in [5.74, 6) is 0.00748. The summed E-state index contributed by atoms with van der Waals surface area (Å²) in [5.41, 5.74) is 2.05. The highest BCUT2D eigenvalue weighted by Crippen LogP contribution is 2.26. The number of nitrogens with one attached hydrogen (secondary N) is 1. The highest BCUT2D eigenvalue weighted by Gasteiger charge is 2.33. The van der Waals surface area contributed by atoms with Gasteiger partial charge in [-0.2, -0.15) is 0 Å². The molecule has 1 aliphatic rings. The van der Waals surface area contributed by atoms with Gasteiger partial charge in [0.2, 0.25) is 11.8 Å². The predicted molar refractivity (Wildman–Crippen MR) is 95.0 cm³/mol. The van der Waals surface area contributed by atoms with Crippen molar-refractivity contribution in [1.29, 1.82) is 0 Å². The lowest BCUT2D eigenvalue weighted by molar-refractivity contribution is -0.126. The summed E-state index contributed by atoms with van der Waals surface area (Å²) in [6.45, 7) is 4.46. The topological polar surface area (TPSA) is 49.4 Å². The van der Waals surface area contributed by atoms with Crippen molar-refractivity contribution in [2.45, 2.75) is 38.4 Å². The van der Waals surface area contributed by atoms with E-state index >= 15 is 0 Å².